The summed E-state index contributed by atoms with van der Waals surface area (Å²) in [6.45, 7) is -0.0806. The van der Waals surface area contributed by atoms with Crippen molar-refractivity contribution in [1.82, 2.24) is 21.3 Å². The van der Waals surface area contributed by atoms with Gasteiger partial charge in [-0.1, -0.05) is 91.0 Å². The number of carbonyl (C=O) groups is 7. The molecule has 0 fully saturated rings. The summed E-state index contributed by atoms with van der Waals surface area (Å²) in [6, 6.07) is 20.3. The highest BCUT2D eigenvalue weighted by Crippen LogP contribution is 2.11. The minimum atomic E-state index is -1.91. The van der Waals surface area contributed by atoms with Gasteiger partial charge in [0.1, 0.15) is 24.7 Å². The lowest BCUT2D eigenvalue weighted by molar-refractivity contribution is -0.140. The quantitative estimate of drug-likeness (QED) is 0.0759. The zero-order valence-electron chi connectivity index (χ0n) is 28.7. The van der Waals surface area contributed by atoms with Gasteiger partial charge in [0.2, 0.25) is 17.7 Å². The number of alkyl carbamates (subject to hydrolysis) is 1. The molecule has 0 bridgehead atoms. The maximum atomic E-state index is 13.8. The van der Waals surface area contributed by atoms with E-state index in [2.05, 4.69) is 21.3 Å². The molecule has 0 saturated heterocycles. The van der Waals surface area contributed by atoms with Crippen molar-refractivity contribution in [3.8, 4) is 0 Å². The molecule has 3 aromatic carbocycles. The van der Waals surface area contributed by atoms with Gasteiger partial charge in [0.15, 0.2) is 6.10 Å². The smallest absolute Gasteiger partial charge is 0.407 e. The van der Waals surface area contributed by atoms with E-state index in [4.69, 9.17) is 15.6 Å². The molecule has 282 valence electrons. The normalized spacial score (nSPS) is 13.5. The first-order valence-electron chi connectivity index (χ1n) is 16.7. The van der Waals surface area contributed by atoms with Crippen LogP contribution in [-0.4, -0.2) is 87.3 Å². The summed E-state index contributed by atoms with van der Waals surface area (Å²) in [4.78, 5) is 87.8. The molecule has 0 saturated carbocycles. The van der Waals surface area contributed by atoms with Gasteiger partial charge in [-0.2, -0.15) is 0 Å². The van der Waals surface area contributed by atoms with Gasteiger partial charge in [0.05, 0.1) is 6.04 Å². The largest absolute Gasteiger partial charge is 0.481 e. The Kier molecular flexibility index (Phi) is 16.4. The Labute approximate surface area is 305 Å². The molecule has 0 spiro atoms. The summed E-state index contributed by atoms with van der Waals surface area (Å²) in [7, 11) is 0. The fourth-order valence-electron chi connectivity index (χ4n) is 5.16. The van der Waals surface area contributed by atoms with Crippen molar-refractivity contribution >= 4 is 41.7 Å². The van der Waals surface area contributed by atoms with E-state index in [-0.39, 0.29) is 25.9 Å². The third kappa shape index (κ3) is 14.8. The molecule has 9 N–H and O–H groups in total. The number of carboxylic acid groups (broad SMARTS) is 2. The zero-order valence-corrected chi connectivity index (χ0v) is 28.7. The van der Waals surface area contributed by atoms with E-state index in [1.165, 1.54) is 0 Å². The third-order valence-electron chi connectivity index (χ3n) is 7.97. The molecule has 53 heavy (non-hydrogen) atoms. The molecular formula is C37H43N5O11. The van der Waals surface area contributed by atoms with Crippen LogP contribution in [0.5, 0.6) is 0 Å². The van der Waals surface area contributed by atoms with Gasteiger partial charge >= 0.3 is 18.0 Å². The third-order valence-corrected chi connectivity index (χ3v) is 7.97. The van der Waals surface area contributed by atoms with Crippen molar-refractivity contribution in [2.24, 2.45) is 5.73 Å². The van der Waals surface area contributed by atoms with Crippen LogP contribution in [0.15, 0.2) is 91.0 Å². The lowest BCUT2D eigenvalue weighted by Gasteiger charge is -2.27. The number of ether oxygens (including phenoxy) is 1. The molecule has 1 unspecified atom stereocenters. The second kappa shape index (κ2) is 21.2. The number of carboxylic acids is 2. The standard InChI is InChI=1S/C37H43N5O11/c38-33(48)26(16-18-30(43)44)39-34(49)27(17-19-31(45)46)40-35(50)29(21-24-12-6-2-7-13-24)41-36(51)32(47)28(20-23-10-4-1-5-11-23)42-37(52)53-22-25-14-8-3-9-15-25/h1-15,26-29,32,47H,16-22H2,(H2,38,48)(H,39,49)(H,40,50)(H,41,51)(H,42,52)(H,43,44)(H,45,46)/t26-,27-,28-,29-,32?/m0/s1. The number of primary amides is 1. The van der Waals surface area contributed by atoms with Crippen molar-refractivity contribution in [2.75, 3.05) is 0 Å². The second-order valence-electron chi connectivity index (χ2n) is 12.1. The molecule has 0 aliphatic rings. The van der Waals surface area contributed by atoms with Crippen LogP contribution in [0.2, 0.25) is 0 Å². The van der Waals surface area contributed by atoms with Crippen molar-refractivity contribution in [3.05, 3.63) is 108 Å². The highest BCUT2D eigenvalue weighted by atomic mass is 16.5. The highest BCUT2D eigenvalue weighted by Gasteiger charge is 2.34. The summed E-state index contributed by atoms with van der Waals surface area (Å²) in [6.07, 6.45) is -4.89. The Hall–Kier alpha value is -6.29. The van der Waals surface area contributed by atoms with E-state index in [0.29, 0.717) is 16.7 Å². The first-order chi connectivity index (χ1) is 25.3. The summed E-state index contributed by atoms with van der Waals surface area (Å²) in [5.74, 6) is -6.62. The molecule has 16 nitrogen and oxygen atoms in total. The average molecular weight is 734 g/mol. The van der Waals surface area contributed by atoms with Crippen molar-refractivity contribution in [3.63, 3.8) is 0 Å². The maximum absolute atomic E-state index is 13.8. The average Bonchev–Trinajstić information content (AvgIpc) is 3.14. The number of hydrogen-bond donors (Lipinski definition) is 8. The molecular weight excluding hydrogens is 690 g/mol. The van der Waals surface area contributed by atoms with E-state index in [1.807, 2.05) is 0 Å². The van der Waals surface area contributed by atoms with E-state index >= 15 is 0 Å². The summed E-state index contributed by atoms with van der Waals surface area (Å²) < 4.78 is 5.30. The van der Waals surface area contributed by atoms with Crippen LogP contribution in [0.1, 0.15) is 42.4 Å². The van der Waals surface area contributed by atoms with Crippen molar-refractivity contribution in [1.29, 1.82) is 0 Å². The molecule has 16 heteroatoms. The van der Waals surface area contributed by atoms with Gasteiger partial charge < -0.3 is 47.1 Å². The van der Waals surface area contributed by atoms with Gasteiger partial charge in [-0.3, -0.25) is 28.8 Å². The number of nitrogens with two attached hydrogens (primary N) is 1. The van der Waals surface area contributed by atoms with Gasteiger partial charge in [-0.15, -0.1) is 0 Å². The Morgan fingerprint density at radius 3 is 1.51 bits per heavy atom. The van der Waals surface area contributed by atoms with Crippen LogP contribution < -0.4 is 27.0 Å². The van der Waals surface area contributed by atoms with Gasteiger partial charge in [-0.25, -0.2) is 4.79 Å². The van der Waals surface area contributed by atoms with Gasteiger partial charge in [-0.05, 0) is 36.0 Å². The van der Waals surface area contributed by atoms with Gasteiger partial charge in [0.25, 0.3) is 5.91 Å². The summed E-state index contributed by atoms with van der Waals surface area (Å²) in [5.41, 5.74) is 7.26. The van der Waals surface area contributed by atoms with E-state index in [9.17, 15) is 43.8 Å². The van der Waals surface area contributed by atoms with Crippen molar-refractivity contribution in [2.45, 2.75) is 75.4 Å². The molecule has 0 radical (unpaired) electrons. The number of aliphatic hydroxyl groups excluding tert-OH is 1. The Morgan fingerprint density at radius 2 is 1.00 bits per heavy atom. The first kappa shape index (κ1) is 41.1. The van der Waals surface area contributed by atoms with Crippen LogP contribution in [0, 0.1) is 0 Å². The highest BCUT2D eigenvalue weighted by molar-refractivity contribution is 5.95. The number of hydrogen-bond acceptors (Lipinski definition) is 9. The molecule has 0 aliphatic carbocycles. The SMILES string of the molecule is NC(=O)[C@H](CCC(=O)O)NC(=O)[C@H](CCC(=O)O)NC(=O)[C@H](Cc1ccccc1)NC(=O)C(O)[C@H](Cc1ccccc1)NC(=O)OCc1ccccc1. The predicted octanol–water partition coefficient (Wildman–Crippen LogP) is 0.797. The number of carbonyl (C=O) groups excluding carboxylic acids is 5. The molecule has 5 atom stereocenters. The number of benzene rings is 3. The first-order valence-corrected chi connectivity index (χ1v) is 16.7. The Morgan fingerprint density at radius 1 is 0.566 bits per heavy atom. The molecule has 0 aromatic heterocycles. The van der Waals surface area contributed by atoms with Crippen LogP contribution in [0.25, 0.3) is 0 Å². The van der Waals surface area contributed by atoms with E-state index in [1.54, 1.807) is 91.0 Å². The monoisotopic (exact) mass is 733 g/mol. The number of nitrogens with one attached hydrogen (secondary N) is 4. The van der Waals surface area contributed by atoms with E-state index in [0.717, 1.165) is 0 Å². The summed E-state index contributed by atoms with van der Waals surface area (Å²) in [5, 5.41) is 39.3. The number of aliphatic carboxylic acids is 2. The van der Waals surface area contributed by atoms with Crippen LogP contribution in [0.3, 0.4) is 0 Å². The van der Waals surface area contributed by atoms with Crippen LogP contribution >= 0.6 is 0 Å². The summed E-state index contributed by atoms with van der Waals surface area (Å²) >= 11 is 0. The second-order valence-corrected chi connectivity index (χ2v) is 12.1. The lowest BCUT2D eigenvalue weighted by Crippen LogP contribution is -2.59. The lowest BCUT2D eigenvalue weighted by atomic mass is 9.99. The van der Waals surface area contributed by atoms with Gasteiger partial charge in [0, 0.05) is 19.3 Å². The number of rotatable bonds is 21. The maximum Gasteiger partial charge on any atom is 0.407 e. The van der Waals surface area contributed by atoms with E-state index < -0.39 is 91.2 Å². The molecule has 3 rings (SSSR count). The Balaban J connectivity index is 1.83. The fourth-order valence-corrected chi connectivity index (χ4v) is 5.16. The van der Waals surface area contributed by atoms with Crippen LogP contribution in [-0.2, 0) is 53.0 Å². The minimum absolute atomic E-state index is 0.00818. The minimum Gasteiger partial charge on any atom is -0.481 e. The predicted molar refractivity (Wildman–Crippen MR) is 189 cm³/mol. The fraction of sp³-hybridized carbons (Fsp3) is 0.324. The number of aliphatic hydroxyl groups is 1. The van der Waals surface area contributed by atoms with Crippen molar-refractivity contribution < 1.29 is 53.6 Å². The molecule has 3 aromatic rings. The number of amides is 5. The zero-order chi connectivity index (χ0) is 38.8. The molecule has 0 heterocycles. The topological polar surface area (TPSA) is 264 Å². The Bertz CT molecular complexity index is 1690. The van der Waals surface area contributed by atoms with Crippen LogP contribution in [0.4, 0.5) is 4.79 Å². The molecule has 0 aliphatic heterocycles. The molecule has 5 amide bonds.